The lowest BCUT2D eigenvalue weighted by molar-refractivity contribution is -0.141. The molecule has 168 valence electrons. The Morgan fingerprint density at radius 2 is 1.62 bits per heavy atom. The van der Waals surface area contributed by atoms with E-state index in [2.05, 4.69) is 10.6 Å². The van der Waals surface area contributed by atoms with E-state index in [0.717, 1.165) is 0 Å². The summed E-state index contributed by atoms with van der Waals surface area (Å²) in [5, 5.41) is 5.87. The molecule has 0 rings (SSSR count). The summed E-state index contributed by atoms with van der Waals surface area (Å²) in [5.74, 6) is -0.779. The maximum absolute atomic E-state index is 13.4. The van der Waals surface area contributed by atoms with Crippen LogP contribution in [0.2, 0.25) is 0 Å². The van der Waals surface area contributed by atoms with Gasteiger partial charge in [0.15, 0.2) is 0 Å². The number of hydrogen-bond acceptors (Lipinski definition) is 5. The maximum Gasteiger partial charge on any atom is 0.333 e. The molecule has 0 aromatic carbocycles. The van der Waals surface area contributed by atoms with Gasteiger partial charge in [-0.05, 0) is 46.1 Å². The fourth-order valence-electron chi connectivity index (χ4n) is 2.74. The summed E-state index contributed by atoms with van der Waals surface area (Å²) in [7, 11) is 3.41. The van der Waals surface area contributed by atoms with Crippen LogP contribution in [0.3, 0.4) is 0 Å². The van der Waals surface area contributed by atoms with Gasteiger partial charge >= 0.3 is 5.97 Å². The minimum atomic E-state index is -0.805. The number of ether oxygens (including phenoxy) is 1. The fourth-order valence-corrected chi connectivity index (χ4v) is 2.74. The third-order valence-corrected chi connectivity index (χ3v) is 5.08. The van der Waals surface area contributed by atoms with E-state index in [1.54, 1.807) is 52.8 Å². The standard InChI is InChI=1S/C22H41N3O4/c1-12-29-19(27)15(4)13-16(14(2)3)25(11)18(26)17(21(5,6)7)24-20(28)22(8,9)23-10/h13-14,16-17,23H,12H2,1-11H3,(H,24,28)/b15-13+/t16-,17?/m1/s1. The van der Waals surface area contributed by atoms with Crippen LogP contribution in [-0.4, -0.2) is 61.0 Å². The number of carbonyl (C=O) groups excluding carboxylic acids is 3. The molecule has 0 aromatic heterocycles. The molecule has 1 unspecified atom stereocenters. The predicted molar refractivity (Wildman–Crippen MR) is 116 cm³/mol. The van der Waals surface area contributed by atoms with Crippen LogP contribution >= 0.6 is 0 Å². The molecule has 2 amide bonds. The summed E-state index contributed by atoms with van der Waals surface area (Å²) in [6.45, 7) is 17.0. The summed E-state index contributed by atoms with van der Waals surface area (Å²) >= 11 is 0. The van der Waals surface area contributed by atoms with Crippen molar-refractivity contribution in [2.75, 3.05) is 20.7 Å². The second-order valence-corrected chi connectivity index (χ2v) is 9.40. The number of amides is 2. The average molecular weight is 412 g/mol. The van der Waals surface area contributed by atoms with Crippen LogP contribution in [0.5, 0.6) is 0 Å². The third-order valence-electron chi connectivity index (χ3n) is 5.08. The Labute approximate surface area is 176 Å². The molecule has 0 bridgehead atoms. The molecule has 0 saturated carbocycles. The van der Waals surface area contributed by atoms with Crippen molar-refractivity contribution in [2.24, 2.45) is 11.3 Å². The van der Waals surface area contributed by atoms with Gasteiger partial charge in [0.1, 0.15) is 6.04 Å². The molecular weight excluding hydrogens is 370 g/mol. The molecule has 2 N–H and O–H groups in total. The zero-order valence-electron chi connectivity index (χ0n) is 20.1. The Bertz CT molecular complexity index is 618. The molecule has 0 saturated heterocycles. The van der Waals surface area contributed by atoms with Crippen molar-refractivity contribution in [3.8, 4) is 0 Å². The van der Waals surface area contributed by atoms with Crippen molar-refractivity contribution in [3.63, 3.8) is 0 Å². The zero-order valence-corrected chi connectivity index (χ0v) is 20.1. The summed E-state index contributed by atoms with van der Waals surface area (Å²) in [5.41, 5.74) is -0.843. The van der Waals surface area contributed by atoms with Crippen molar-refractivity contribution in [1.82, 2.24) is 15.5 Å². The van der Waals surface area contributed by atoms with Crippen LogP contribution < -0.4 is 10.6 Å². The largest absolute Gasteiger partial charge is 0.463 e. The molecule has 0 aromatic rings. The monoisotopic (exact) mass is 411 g/mol. The van der Waals surface area contributed by atoms with E-state index < -0.39 is 23.0 Å². The van der Waals surface area contributed by atoms with E-state index in [1.807, 2.05) is 34.6 Å². The van der Waals surface area contributed by atoms with E-state index in [9.17, 15) is 14.4 Å². The summed E-state index contributed by atoms with van der Waals surface area (Å²) < 4.78 is 5.05. The van der Waals surface area contributed by atoms with Gasteiger partial charge in [0.05, 0.1) is 18.2 Å². The predicted octanol–water partition coefficient (Wildman–Crippen LogP) is 2.51. The van der Waals surface area contributed by atoms with Crippen molar-refractivity contribution in [2.45, 2.75) is 79.9 Å². The molecule has 0 radical (unpaired) electrons. The number of carbonyl (C=O) groups is 3. The molecule has 0 aliphatic carbocycles. The van der Waals surface area contributed by atoms with Crippen LogP contribution in [0.4, 0.5) is 0 Å². The van der Waals surface area contributed by atoms with Gasteiger partial charge in [-0.25, -0.2) is 4.79 Å². The Kier molecular flexibility index (Phi) is 10.1. The quantitative estimate of drug-likeness (QED) is 0.450. The van der Waals surface area contributed by atoms with Gasteiger partial charge in [-0.1, -0.05) is 40.7 Å². The van der Waals surface area contributed by atoms with Crippen molar-refractivity contribution in [3.05, 3.63) is 11.6 Å². The second kappa shape index (κ2) is 10.8. The van der Waals surface area contributed by atoms with Gasteiger partial charge in [-0.2, -0.15) is 0 Å². The summed E-state index contributed by atoms with van der Waals surface area (Å²) in [4.78, 5) is 39.7. The highest BCUT2D eigenvalue weighted by Crippen LogP contribution is 2.24. The van der Waals surface area contributed by atoms with E-state index >= 15 is 0 Å². The highest BCUT2D eigenvalue weighted by molar-refractivity contribution is 5.92. The Balaban J connectivity index is 5.83. The maximum atomic E-state index is 13.4. The molecular formula is C22H41N3O4. The van der Waals surface area contributed by atoms with Gasteiger partial charge in [0.2, 0.25) is 11.8 Å². The zero-order chi connectivity index (χ0) is 23.2. The minimum Gasteiger partial charge on any atom is -0.463 e. The van der Waals surface area contributed by atoms with Crippen molar-refractivity contribution >= 4 is 17.8 Å². The molecule has 0 heterocycles. The minimum absolute atomic E-state index is 0.0680. The Morgan fingerprint density at radius 3 is 2.00 bits per heavy atom. The van der Waals surface area contributed by atoms with Gasteiger partial charge < -0.3 is 20.3 Å². The highest BCUT2D eigenvalue weighted by atomic mass is 16.5. The average Bonchev–Trinajstić information content (AvgIpc) is 2.61. The first-order valence-corrected chi connectivity index (χ1v) is 10.2. The van der Waals surface area contributed by atoms with E-state index in [1.165, 1.54) is 0 Å². The van der Waals surface area contributed by atoms with Gasteiger partial charge in [-0.3, -0.25) is 9.59 Å². The Morgan fingerprint density at radius 1 is 1.10 bits per heavy atom. The van der Waals surface area contributed by atoms with Crippen LogP contribution in [0, 0.1) is 11.3 Å². The van der Waals surface area contributed by atoms with E-state index in [-0.39, 0.29) is 23.8 Å². The second-order valence-electron chi connectivity index (χ2n) is 9.40. The molecule has 29 heavy (non-hydrogen) atoms. The molecule has 7 nitrogen and oxygen atoms in total. The first kappa shape index (κ1) is 27.1. The molecule has 0 fully saturated rings. The molecule has 7 heteroatoms. The first-order valence-electron chi connectivity index (χ1n) is 10.2. The molecule has 0 aliphatic rings. The smallest absolute Gasteiger partial charge is 0.333 e. The fraction of sp³-hybridized carbons (Fsp3) is 0.773. The van der Waals surface area contributed by atoms with Crippen LogP contribution in [0.15, 0.2) is 11.6 Å². The van der Waals surface area contributed by atoms with E-state index in [4.69, 9.17) is 4.74 Å². The van der Waals surface area contributed by atoms with Gasteiger partial charge in [0, 0.05) is 12.6 Å². The van der Waals surface area contributed by atoms with Crippen LogP contribution in [0.1, 0.15) is 62.3 Å². The lowest BCUT2D eigenvalue weighted by Gasteiger charge is -2.38. The summed E-state index contributed by atoms with van der Waals surface area (Å²) in [6.07, 6.45) is 1.76. The molecule has 0 spiro atoms. The number of esters is 1. The van der Waals surface area contributed by atoms with Crippen LogP contribution in [-0.2, 0) is 19.1 Å². The lowest BCUT2D eigenvalue weighted by atomic mass is 9.84. The SMILES string of the molecule is CCOC(=O)/C(C)=C/[C@H](C(C)C)N(C)C(=O)C(NC(=O)C(C)(C)NC)C(C)(C)C. The Hall–Kier alpha value is -1.89. The molecule has 0 aliphatic heterocycles. The molecule has 2 atom stereocenters. The first-order chi connectivity index (χ1) is 13.1. The number of rotatable bonds is 9. The number of nitrogens with one attached hydrogen (secondary N) is 2. The lowest BCUT2D eigenvalue weighted by Crippen LogP contribution is -2.61. The van der Waals surface area contributed by atoms with Gasteiger partial charge in [0.25, 0.3) is 0 Å². The van der Waals surface area contributed by atoms with Crippen molar-refractivity contribution in [1.29, 1.82) is 0 Å². The number of nitrogens with zero attached hydrogens (tertiary/aromatic N) is 1. The highest BCUT2D eigenvalue weighted by Gasteiger charge is 2.39. The third kappa shape index (κ3) is 7.80. The summed E-state index contributed by atoms with van der Waals surface area (Å²) in [6, 6.07) is -1.03. The van der Waals surface area contributed by atoms with Crippen molar-refractivity contribution < 1.29 is 19.1 Å². The van der Waals surface area contributed by atoms with Gasteiger partial charge in [-0.15, -0.1) is 0 Å². The van der Waals surface area contributed by atoms with Crippen LogP contribution in [0.25, 0.3) is 0 Å². The number of hydrogen-bond donors (Lipinski definition) is 2. The normalized spacial score (nSPS) is 15.0. The van der Waals surface area contributed by atoms with E-state index in [0.29, 0.717) is 12.2 Å². The topological polar surface area (TPSA) is 87.7 Å². The number of likely N-dealkylation sites (N-methyl/N-ethyl adjacent to an activating group) is 2.